The molecule has 0 spiro atoms. The van der Waals surface area contributed by atoms with Crippen LogP contribution in [0.25, 0.3) is 0 Å². The molecule has 1 atom stereocenters. The summed E-state index contributed by atoms with van der Waals surface area (Å²) in [5, 5.41) is 8.62. The normalized spacial score (nSPS) is 16.3. The van der Waals surface area contributed by atoms with Crippen molar-refractivity contribution in [1.82, 2.24) is 0 Å². The molecule has 0 radical (unpaired) electrons. The smallest absolute Gasteiger partial charge is 0.471 e. The van der Waals surface area contributed by atoms with Gasteiger partial charge >= 0.3 is 13.8 Å². The van der Waals surface area contributed by atoms with Crippen molar-refractivity contribution in [2.24, 2.45) is 5.73 Å². The predicted molar refractivity (Wildman–Crippen MR) is 50.7 cm³/mol. The molecule has 0 aromatic heterocycles. The van der Waals surface area contributed by atoms with Gasteiger partial charge in [0.1, 0.15) is 0 Å². The maximum atomic E-state index is 10.6. The number of carbonyl (C=O) groups is 1. The molecule has 0 fully saturated rings. The number of hydrogen-bond acceptors (Lipinski definition) is 5. The first-order chi connectivity index (χ1) is 6.21. The van der Waals surface area contributed by atoms with Crippen LogP contribution < -0.4 is 5.73 Å². The minimum atomic E-state index is -4.90. The first-order valence-corrected chi connectivity index (χ1v) is 6.41. The second-order valence-corrected chi connectivity index (χ2v) is 4.67. The fourth-order valence-corrected chi connectivity index (χ4v) is 1.76. The zero-order valence-corrected chi connectivity index (χ0v) is 9.12. The van der Waals surface area contributed by atoms with Gasteiger partial charge in [-0.3, -0.25) is 10.3 Å². The number of nitrogens with two attached hydrogens (primary N) is 1. The molecule has 9 heteroatoms. The van der Waals surface area contributed by atoms with Crippen LogP contribution >= 0.6 is 19.6 Å². The van der Waals surface area contributed by atoms with Crippen molar-refractivity contribution in [3.8, 4) is 0 Å². The Morgan fingerprint density at radius 2 is 2.14 bits per heavy atom. The summed E-state index contributed by atoms with van der Waals surface area (Å²) in [6, 6.07) is 0. The molecule has 0 saturated heterocycles. The molecule has 0 aliphatic heterocycles. The molecule has 1 unspecified atom stereocenters. The summed E-state index contributed by atoms with van der Waals surface area (Å²) in [6.45, 7) is 0. The van der Waals surface area contributed by atoms with Gasteiger partial charge in [-0.1, -0.05) is 0 Å². The number of rotatable bonds is 6. The van der Waals surface area contributed by atoms with E-state index in [2.05, 4.69) is 4.52 Å². The van der Waals surface area contributed by atoms with Crippen molar-refractivity contribution in [2.75, 3.05) is 12.0 Å². The zero-order chi connectivity index (χ0) is 11.4. The van der Waals surface area contributed by atoms with Crippen LogP contribution in [0, 0.1) is 0 Å². The van der Waals surface area contributed by atoms with Gasteiger partial charge in [0.2, 0.25) is 5.72 Å². The molecule has 0 heterocycles. The topological polar surface area (TPSA) is 130 Å². The van der Waals surface area contributed by atoms with Crippen LogP contribution in [0.5, 0.6) is 0 Å². The monoisotopic (exact) mass is 245 g/mol. The second-order valence-electron chi connectivity index (χ2n) is 2.52. The second kappa shape index (κ2) is 5.11. The average molecular weight is 245 g/mol. The molecule has 5 N–H and O–H groups in total. The van der Waals surface area contributed by atoms with Crippen LogP contribution in [0.1, 0.15) is 6.42 Å². The Kier molecular flexibility index (Phi) is 5.07. The van der Waals surface area contributed by atoms with Crippen LogP contribution in [-0.4, -0.2) is 38.6 Å². The van der Waals surface area contributed by atoms with E-state index in [-0.39, 0.29) is 6.42 Å². The van der Waals surface area contributed by atoms with Crippen LogP contribution in [0.4, 0.5) is 0 Å². The van der Waals surface area contributed by atoms with E-state index >= 15 is 0 Å². The van der Waals surface area contributed by atoms with E-state index in [1.165, 1.54) is 11.8 Å². The minimum absolute atomic E-state index is 0.186. The van der Waals surface area contributed by atoms with Gasteiger partial charge < -0.3 is 14.9 Å². The largest absolute Gasteiger partial charge is 0.478 e. The molecule has 0 aliphatic rings. The van der Waals surface area contributed by atoms with Crippen LogP contribution in [0.3, 0.4) is 0 Å². The van der Waals surface area contributed by atoms with Gasteiger partial charge in [0.25, 0.3) is 0 Å². The lowest BCUT2D eigenvalue weighted by atomic mass is 10.2. The first kappa shape index (κ1) is 13.9. The van der Waals surface area contributed by atoms with Gasteiger partial charge in [-0.2, -0.15) is 11.8 Å². The van der Waals surface area contributed by atoms with Gasteiger partial charge in [0, 0.05) is 6.42 Å². The third-order valence-electron chi connectivity index (χ3n) is 1.32. The molecule has 0 aliphatic carbocycles. The summed E-state index contributed by atoms with van der Waals surface area (Å²) in [6.07, 6.45) is 1.52. The molecule has 0 amide bonds. The van der Waals surface area contributed by atoms with Gasteiger partial charge in [-0.05, 0) is 12.0 Å². The third kappa shape index (κ3) is 4.94. The van der Waals surface area contributed by atoms with E-state index in [1.807, 2.05) is 0 Å². The summed E-state index contributed by atoms with van der Waals surface area (Å²) in [5.41, 5.74) is 2.85. The molecule has 0 saturated carbocycles. The van der Waals surface area contributed by atoms with Gasteiger partial charge in [-0.15, -0.1) is 0 Å². The molecule has 14 heavy (non-hydrogen) atoms. The standard InChI is InChI=1S/C5H12NO6PS/c1-14-3-2-5(6,4(7)8)12-13(9,10)11/h2-3,6H2,1H3,(H,7,8)(H2,9,10,11). The van der Waals surface area contributed by atoms with E-state index in [9.17, 15) is 9.36 Å². The fraction of sp³-hybridized carbons (Fsp3) is 0.800. The SMILES string of the molecule is CSCCC(N)(OP(=O)(O)O)C(=O)O. The Balaban J connectivity index is 4.56. The molecular formula is C5H12NO6PS. The summed E-state index contributed by atoms with van der Waals surface area (Å²) in [5.74, 6) is -1.28. The van der Waals surface area contributed by atoms with Crippen molar-refractivity contribution in [1.29, 1.82) is 0 Å². The van der Waals surface area contributed by atoms with E-state index in [0.717, 1.165) is 0 Å². The Bertz CT molecular complexity index is 255. The summed E-state index contributed by atoms with van der Waals surface area (Å²) in [4.78, 5) is 27.5. The van der Waals surface area contributed by atoms with Crippen molar-refractivity contribution in [3.05, 3.63) is 0 Å². The Hall–Kier alpha value is -0.110. The summed E-state index contributed by atoms with van der Waals surface area (Å²) in [7, 11) is -4.90. The lowest BCUT2D eigenvalue weighted by molar-refractivity contribution is -0.156. The number of thioether (sulfide) groups is 1. The fourth-order valence-electron chi connectivity index (χ4n) is 0.658. The number of hydrogen-bond donors (Lipinski definition) is 4. The Morgan fingerprint density at radius 3 is 2.43 bits per heavy atom. The highest BCUT2D eigenvalue weighted by Crippen LogP contribution is 2.41. The van der Waals surface area contributed by atoms with E-state index in [0.29, 0.717) is 5.75 Å². The Labute approximate surface area is 84.9 Å². The number of carboxylic acids is 1. The highest BCUT2D eigenvalue weighted by atomic mass is 32.2. The van der Waals surface area contributed by atoms with Crippen molar-refractivity contribution < 1.29 is 28.8 Å². The first-order valence-electron chi connectivity index (χ1n) is 3.49. The number of carboxylic acid groups (broad SMARTS) is 1. The van der Waals surface area contributed by atoms with Gasteiger partial charge in [0.05, 0.1) is 0 Å². The van der Waals surface area contributed by atoms with E-state index in [4.69, 9.17) is 20.6 Å². The summed E-state index contributed by atoms with van der Waals surface area (Å²) < 4.78 is 14.5. The Morgan fingerprint density at radius 1 is 1.64 bits per heavy atom. The molecule has 0 aromatic carbocycles. The van der Waals surface area contributed by atoms with Crippen molar-refractivity contribution in [2.45, 2.75) is 12.1 Å². The summed E-state index contributed by atoms with van der Waals surface area (Å²) >= 11 is 1.30. The number of phosphoric acid groups is 1. The highest BCUT2D eigenvalue weighted by molar-refractivity contribution is 7.98. The maximum absolute atomic E-state index is 10.6. The van der Waals surface area contributed by atoms with Crippen molar-refractivity contribution >= 4 is 25.6 Å². The molecule has 7 nitrogen and oxygen atoms in total. The molecule has 0 bridgehead atoms. The lowest BCUT2D eigenvalue weighted by Crippen LogP contribution is -2.50. The van der Waals surface area contributed by atoms with Crippen molar-refractivity contribution in [3.63, 3.8) is 0 Å². The quantitative estimate of drug-likeness (QED) is 0.367. The lowest BCUT2D eigenvalue weighted by Gasteiger charge is -2.24. The molecule has 0 aromatic rings. The molecule has 84 valence electrons. The van der Waals surface area contributed by atoms with Gasteiger partial charge in [0.15, 0.2) is 0 Å². The molecule has 0 rings (SSSR count). The van der Waals surface area contributed by atoms with Crippen LogP contribution in [0.15, 0.2) is 0 Å². The number of phosphoric ester groups is 1. The van der Waals surface area contributed by atoms with E-state index in [1.54, 1.807) is 6.26 Å². The highest BCUT2D eigenvalue weighted by Gasteiger charge is 2.41. The average Bonchev–Trinajstić information content (AvgIpc) is 1.97. The predicted octanol–water partition coefficient (Wildman–Crippen LogP) is -0.412. The maximum Gasteiger partial charge on any atom is 0.471 e. The van der Waals surface area contributed by atoms with E-state index < -0.39 is 19.5 Å². The third-order valence-corrected chi connectivity index (χ3v) is 2.50. The number of aliphatic carboxylic acids is 1. The zero-order valence-electron chi connectivity index (χ0n) is 7.41. The van der Waals surface area contributed by atoms with Gasteiger partial charge in [-0.25, -0.2) is 9.36 Å². The minimum Gasteiger partial charge on any atom is -0.478 e. The van der Waals surface area contributed by atoms with Crippen LogP contribution in [0.2, 0.25) is 0 Å². The molecular weight excluding hydrogens is 233 g/mol. The van der Waals surface area contributed by atoms with Crippen LogP contribution in [-0.2, 0) is 13.9 Å².